The van der Waals surface area contributed by atoms with E-state index in [0.717, 1.165) is 23.9 Å². The van der Waals surface area contributed by atoms with E-state index in [2.05, 4.69) is 48.0 Å². The summed E-state index contributed by atoms with van der Waals surface area (Å²) in [5.74, 6) is -0.157. The van der Waals surface area contributed by atoms with Gasteiger partial charge in [0.2, 0.25) is 0 Å². The average Bonchev–Trinajstić information content (AvgIpc) is 2.88. The van der Waals surface area contributed by atoms with Crippen molar-refractivity contribution in [1.82, 2.24) is 9.47 Å². The number of hydrogen-bond acceptors (Lipinski definition) is 1. The van der Waals surface area contributed by atoms with Gasteiger partial charge in [-0.1, -0.05) is 36.4 Å². The zero-order chi connectivity index (χ0) is 15.3. The number of para-hydroxylation sites is 1. The molecule has 2 aromatic carbocycles. The molecule has 3 heteroatoms. The zero-order valence-corrected chi connectivity index (χ0v) is 12.9. The van der Waals surface area contributed by atoms with Gasteiger partial charge in [-0.05, 0) is 32.1 Å². The number of aromatic nitrogens is 1. The Morgan fingerprint density at radius 1 is 1.05 bits per heavy atom. The minimum Gasteiger partial charge on any atom is -0.345 e. The Bertz CT molecular complexity index is 848. The normalized spacial score (nSPS) is 17.4. The second-order valence-electron chi connectivity index (χ2n) is 6.31. The van der Waals surface area contributed by atoms with Gasteiger partial charge in [-0.2, -0.15) is 0 Å². The molecule has 0 spiro atoms. The van der Waals surface area contributed by atoms with Gasteiger partial charge in [-0.3, -0.25) is 0 Å². The molecule has 0 unspecified atom stereocenters. The molecule has 1 aliphatic heterocycles. The fourth-order valence-corrected chi connectivity index (χ4v) is 3.53. The number of halogens is 1. The van der Waals surface area contributed by atoms with Gasteiger partial charge in [-0.15, -0.1) is 0 Å². The Morgan fingerprint density at radius 3 is 2.64 bits per heavy atom. The molecule has 0 amide bonds. The highest BCUT2D eigenvalue weighted by Gasteiger charge is 2.24. The van der Waals surface area contributed by atoms with E-state index >= 15 is 0 Å². The molecule has 0 aliphatic carbocycles. The fraction of sp³-hybridized carbons (Fsp3) is 0.263. The molecule has 0 N–H and O–H groups in total. The molecule has 0 bridgehead atoms. The predicted molar refractivity (Wildman–Crippen MR) is 88.5 cm³/mol. The summed E-state index contributed by atoms with van der Waals surface area (Å²) in [5, 5.41) is 1.15. The van der Waals surface area contributed by atoms with E-state index in [1.807, 2.05) is 12.1 Å². The lowest BCUT2D eigenvalue weighted by atomic mass is 9.97. The van der Waals surface area contributed by atoms with Crippen LogP contribution in [0.25, 0.3) is 22.0 Å². The topological polar surface area (TPSA) is 8.17 Å². The second kappa shape index (κ2) is 4.96. The fourth-order valence-electron chi connectivity index (χ4n) is 3.53. The number of hydrogen-bond donors (Lipinski definition) is 0. The summed E-state index contributed by atoms with van der Waals surface area (Å²) in [6.45, 7) is 0.953. The van der Waals surface area contributed by atoms with Crippen molar-refractivity contribution in [3.05, 3.63) is 60.0 Å². The molecule has 0 saturated carbocycles. The van der Waals surface area contributed by atoms with E-state index in [0.29, 0.717) is 11.6 Å². The third-order valence-electron chi connectivity index (χ3n) is 4.74. The first-order valence-corrected chi connectivity index (χ1v) is 7.67. The van der Waals surface area contributed by atoms with Crippen LogP contribution in [0.15, 0.2) is 48.7 Å². The molecule has 0 fully saturated rings. The molecule has 1 aromatic heterocycles. The van der Waals surface area contributed by atoms with Gasteiger partial charge in [0.1, 0.15) is 5.82 Å². The van der Waals surface area contributed by atoms with Crippen LogP contribution in [0.5, 0.6) is 0 Å². The maximum absolute atomic E-state index is 14.2. The number of likely N-dealkylation sites (N-methyl/N-ethyl adjacent to an activating group) is 1. The van der Waals surface area contributed by atoms with E-state index in [9.17, 15) is 4.39 Å². The first-order chi connectivity index (χ1) is 10.6. The molecule has 4 rings (SSSR count). The van der Waals surface area contributed by atoms with Crippen LogP contribution in [0.3, 0.4) is 0 Å². The van der Waals surface area contributed by atoms with Crippen molar-refractivity contribution < 1.29 is 4.39 Å². The largest absolute Gasteiger partial charge is 0.345 e. The number of nitrogens with zero attached hydrogens (tertiary/aromatic N) is 2. The smallest absolute Gasteiger partial charge is 0.131 e. The summed E-state index contributed by atoms with van der Waals surface area (Å²) >= 11 is 0. The van der Waals surface area contributed by atoms with Crippen molar-refractivity contribution in [1.29, 1.82) is 0 Å². The van der Waals surface area contributed by atoms with Crippen molar-refractivity contribution in [3.63, 3.8) is 0 Å². The monoisotopic (exact) mass is 294 g/mol. The summed E-state index contributed by atoms with van der Waals surface area (Å²) in [6, 6.07) is 13.9. The van der Waals surface area contributed by atoms with Gasteiger partial charge >= 0.3 is 0 Å². The molecule has 1 aliphatic rings. The zero-order valence-electron chi connectivity index (χ0n) is 12.9. The molecule has 22 heavy (non-hydrogen) atoms. The summed E-state index contributed by atoms with van der Waals surface area (Å²) in [4.78, 5) is 2.27. The maximum Gasteiger partial charge on any atom is 0.131 e. The van der Waals surface area contributed by atoms with Gasteiger partial charge in [0, 0.05) is 35.3 Å². The Balaban J connectivity index is 1.95. The van der Waals surface area contributed by atoms with Gasteiger partial charge in [0.05, 0.1) is 5.52 Å². The van der Waals surface area contributed by atoms with E-state index < -0.39 is 0 Å². The van der Waals surface area contributed by atoms with Crippen LogP contribution in [0.4, 0.5) is 4.39 Å². The van der Waals surface area contributed by atoms with Crippen LogP contribution in [0.1, 0.15) is 5.56 Å². The Labute approximate surface area is 129 Å². The molecule has 1 atom stereocenters. The molecular formula is C19H19FN2. The lowest BCUT2D eigenvalue weighted by Crippen LogP contribution is -2.36. The van der Waals surface area contributed by atoms with Crippen molar-refractivity contribution in [2.75, 3.05) is 14.1 Å². The maximum atomic E-state index is 14.2. The third kappa shape index (κ3) is 1.97. The highest BCUT2D eigenvalue weighted by atomic mass is 19.1. The lowest BCUT2D eigenvalue weighted by molar-refractivity contribution is 0.258. The van der Waals surface area contributed by atoms with Crippen molar-refractivity contribution in [2.24, 2.45) is 0 Å². The Hall–Kier alpha value is -2.13. The summed E-state index contributed by atoms with van der Waals surface area (Å²) in [5.41, 5.74) is 4.30. The highest BCUT2D eigenvalue weighted by Crippen LogP contribution is 2.36. The minimum atomic E-state index is -0.157. The molecule has 112 valence electrons. The first kappa shape index (κ1) is 13.5. The Kier molecular flexibility index (Phi) is 3.05. The van der Waals surface area contributed by atoms with Crippen LogP contribution in [0, 0.1) is 5.82 Å². The summed E-state index contributed by atoms with van der Waals surface area (Å²) < 4.78 is 16.5. The van der Waals surface area contributed by atoms with Gasteiger partial charge in [0.15, 0.2) is 0 Å². The SMILES string of the molecule is CN(C)[C@H]1Cc2cccc3c(-c4ccccc4F)cn(c23)C1. The van der Waals surface area contributed by atoms with E-state index in [1.54, 1.807) is 6.07 Å². The number of benzene rings is 2. The highest BCUT2D eigenvalue weighted by molar-refractivity contribution is 5.98. The minimum absolute atomic E-state index is 0.157. The van der Waals surface area contributed by atoms with Crippen molar-refractivity contribution >= 4 is 10.9 Å². The van der Waals surface area contributed by atoms with E-state index in [4.69, 9.17) is 0 Å². The molecule has 2 heterocycles. The summed E-state index contributed by atoms with van der Waals surface area (Å²) in [6.07, 6.45) is 3.16. The van der Waals surface area contributed by atoms with Crippen LogP contribution < -0.4 is 0 Å². The quantitative estimate of drug-likeness (QED) is 0.695. The molecule has 0 saturated heterocycles. The van der Waals surface area contributed by atoms with E-state index in [-0.39, 0.29) is 5.82 Å². The van der Waals surface area contributed by atoms with Crippen LogP contribution in [-0.2, 0) is 13.0 Å². The van der Waals surface area contributed by atoms with Crippen LogP contribution in [-0.4, -0.2) is 29.6 Å². The Morgan fingerprint density at radius 2 is 1.86 bits per heavy atom. The molecule has 0 radical (unpaired) electrons. The van der Waals surface area contributed by atoms with Crippen molar-refractivity contribution in [2.45, 2.75) is 19.0 Å². The van der Waals surface area contributed by atoms with E-state index in [1.165, 1.54) is 17.1 Å². The molecule has 3 aromatic rings. The van der Waals surface area contributed by atoms with Crippen molar-refractivity contribution in [3.8, 4) is 11.1 Å². The predicted octanol–water partition coefficient (Wildman–Crippen LogP) is 3.93. The van der Waals surface area contributed by atoms with Crippen LogP contribution in [0.2, 0.25) is 0 Å². The molecular weight excluding hydrogens is 275 g/mol. The van der Waals surface area contributed by atoms with Gasteiger partial charge in [0.25, 0.3) is 0 Å². The third-order valence-corrected chi connectivity index (χ3v) is 4.74. The lowest BCUT2D eigenvalue weighted by Gasteiger charge is -2.29. The standard InChI is InChI=1S/C19H19FN2/c1-21(2)14-10-13-6-5-8-16-17(12-22(11-14)19(13)16)15-7-3-4-9-18(15)20/h3-9,12,14H,10-11H2,1-2H3/t14-/m0/s1. The number of rotatable bonds is 2. The van der Waals surface area contributed by atoms with Gasteiger partial charge < -0.3 is 9.47 Å². The summed E-state index contributed by atoms with van der Waals surface area (Å²) in [7, 11) is 4.24. The molecule has 2 nitrogen and oxygen atoms in total. The average molecular weight is 294 g/mol. The second-order valence-corrected chi connectivity index (χ2v) is 6.31. The first-order valence-electron chi connectivity index (χ1n) is 7.67. The van der Waals surface area contributed by atoms with Crippen LogP contribution >= 0.6 is 0 Å². The van der Waals surface area contributed by atoms with Gasteiger partial charge in [-0.25, -0.2) is 4.39 Å².